The third kappa shape index (κ3) is 0.703. The largest absolute Gasteiger partial charge is 0.393 e. The molecule has 0 aromatic heterocycles. The molecule has 62 valence electrons. The highest BCUT2D eigenvalue weighted by atomic mass is 16.3. The Hall–Kier alpha value is -0.0400. The van der Waals surface area contributed by atoms with Crippen molar-refractivity contribution in [3.8, 4) is 0 Å². The maximum Gasteiger partial charge on any atom is 0.0574 e. The topological polar surface area (TPSA) is 20.2 Å². The zero-order valence-corrected chi connectivity index (χ0v) is 6.87. The van der Waals surface area contributed by atoms with Crippen molar-refractivity contribution in [3.63, 3.8) is 0 Å². The van der Waals surface area contributed by atoms with Gasteiger partial charge in [0.25, 0.3) is 0 Å². The van der Waals surface area contributed by atoms with Crippen molar-refractivity contribution >= 4 is 0 Å². The molecular formula is C10H16O. The van der Waals surface area contributed by atoms with Crippen molar-refractivity contribution in [1.82, 2.24) is 0 Å². The molecule has 0 aromatic rings. The summed E-state index contributed by atoms with van der Waals surface area (Å²) in [4.78, 5) is 0. The Bertz CT molecular complexity index is 178. The first-order valence-corrected chi connectivity index (χ1v) is 5.04. The summed E-state index contributed by atoms with van der Waals surface area (Å²) in [6.07, 6.45) is 6.90. The smallest absolute Gasteiger partial charge is 0.0574 e. The monoisotopic (exact) mass is 152 g/mol. The summed E-state index contributed by atoms with van der Waals surface area (Å²) in [5.74, 6) is 3.60. The zero-order chi connectivity index (χ0) is 7.42. The summed E-state index contributed by atoms with van der Waals surface area (Å²) >= 11 is 0. The molecule has 3 saturated carbocycles. The quantitative estimate of drug-likeness (QED) is 0.561. The molecule has 0 aliphatic heterocycles. The first-order valence-electron chi connectivity index (χ1n) is 5.04. The molecule has 3 fully saturated rings. The lowest BCUT2D eigenvalue weighted by atomic mass is 9.80. The van der Waals surface area contributed by atoms with Gasteiger partial charge in [-0.2, -0.15) is 0 Å². The second-order valence-corrected chi connectivity index (χ2v) is 4.72. The highest BCUT2D eigenvalue weighted by molar-refractivity contribution is 5.02. The van der Waals surface area contributed by atoms with Gasteiger partial charge in [-0.25, -0.2) is 0 Å². The third-order valence-corrected chi connectivity index (χ3v) is 4.39. The molecule has 0 unspecified atom stereocenters. The van der Waals surface area contributed by atoms with Crippen LogP contribution in [0.25, 0.3) is 0 Å². The van der Waals surface area contributed by atoms with E-state index >= 15 is 0 Å². The SMILES string of the molecule is O[C@@H]1C[C@H]2C[C@H]1[C@H]1CCC[C@H]21. The zero-order valence-electron chi connectivity index (χ0n) is 6.87. The summed E-state index contributed by atoms with van der Waals surface area (Å²) in [5, 5.41) is 9.67. The molecule has 11 heavy (non-hydrogen) atoms. The molecule has 2 bridgehead atoms. The van der Waals surface area contributed by atoms with Crippen molar-refractivity contribution in [2.24, 2.45) is 23.7 Å². The average Bonchev–Trinajstić information content (AvgIpc) is 2.52. The van der Waals surface area contributed by atoms with E-state index in [9.17, 15) is 5.11 Å². The Balaban J connectivity index is 1.90. The minimum Gasteiger partial charge on any atom is -0.393 e. The van der Waals surface area contributed by atoms with Crippen LogP contribution in [0.1, 0.15) is 32.1 Å². The number of aliphatic hydroxyl groups is 1. The van der Waals surface area contributed by atoms with Crippen molar-refractivity contribution < 1.29 is 5.11 Å². The van der Waals surface area contributed by atoms with Gasteiger partial charge in [0.2, 0.25) is 0 Å². The van der Waals surface area contributed by atoms with Crippen molar-refractivity contribution in [3.05, 3.63) is 0 Å². The van der Waals surface area contributed by atoms with E-state index < -0.39 is 0 Å². The van der Waals surface area contributed by atoms with E-state index in [-0.39, 0.29) is 6.10 Å². The Labute approximate surface area is 67.8 Å². The van der Waals surface area contributed by atoms with E-state index in [4.69, 9.17) is 0 Å². The fourth-order valence-corrected chi connectivity index (χ4v) is 4.03. The normalized spacial score (nSPS) is 60.3. The van der Waals surface area contributed by atoms with Gasteiger partial charge in [-0.1, -0.05) is 6.42 Å². The van der Waals surface area contributed by atoms with Crippen LogP contribution in [0, 0.1) is 23.7 Å². The van der Waals surface area contributed by atoms with Gasteiger partial charge in [0.15, 0.2) is 0 Å². The van der Waals surface area contributed by atoms with Crippen LogP contribution in [-0.4, -0.2) is 11.2 Å². The minimum atomic E-state index is 0.0827. The van der Waals surface area contributed by atoms with Crippen LogP contribution in [0.15, 0.2) is 0 Å². The van der Waals surface area contributed by atoms with Crippen LogP contribution in [0.4, 0.5) is 0 Å². The van der Waals surface area contributed by atoms with Crippen LogP contribution in [0.5, 0.6) is 0 Å². The van der Waals surface area contributed by atoms with Gasteiger partial charge in [0, 0.05) is 0 Å². The maximum atomic E-state index is 9.67. The van der Waals surface area contributed by atoms with Gasteiger partial charge in [-0.15, -0.1) is 0 Å². The van der Waals surface area contributed by atoms with Crippen molar-refractivity contribution in [2.75, 3.05) is 0 Å². The molecular weight excluding hydrogens is 136 g/mol. The lowest BCUT2D eigenvalue weighted by Gasteiger charge is -2.28. The number of hydrogen-bond donors (Lipinski definition) is 1. The van der Waals surface area contributed by atoms with Crippen molar-refractivity contribution in [1.29, 1.82) is 0 Å². The third-order valence-electron chi connectivity index (χ3n) is 4.39. The molecule has 0 radical (unpaired) electrons. The lowest BCUT2D eigenvalue weighted by molar-refractivity contribution is 0.0642. The van der Waals surface area contributed by atoms with Gasteiger partial charge in [-0.3, -0.25) is 0 Å². The van der Waals surface area contributed by atoms with Gasteiger partial charge in [0.1, 0.15) is 0 Å². The van der Waals surface area contributed by atoms with Gasteiger partial charge in [-0.05, 0) is 49.4 Å². The first-order chi connectivity index (χ1) is 5.36. The molecule has 0 saturated heterocycles. The molecule has 3 aliphatic rings. The number of fused-ring (bicyclic) bond motifs is 5. The summed E-state index contributed by atoms with van der Waals surface area (Å²) in [6, 6.07) is 0. The Kier molecular flexibility index (Phi) is 1.18. The highest BCUT2D eigenvalue weighted by Crippen LogP contribution is 2.58. The average molecular weight is 152 g/mol. The molecule has 1 N–H and O–H groups in total. The molecule has 1 heteroatoms. The number of rotatable bonds is 0. The fraction of sp³-hybridized carbons (Fsp3) is 1.00. The van der Waals surface area contributed by atoms with E-state index in [1.807, 2.05) is 0 Å². The van der Waals surface area contributed by atoms with Crippen LogP contribution >= 0.6 is 0 Å². The number of aliphatic hydroxyl groups excluding tert-OH is 1. The second-order valence-electron chi connectivity index (χ2n) is 4.72. The van der Waals surface area contributed by atoms with Crippen LogP contribution in [-0.2, 0) is 0 Å². The van der Waals surface area contributed by atoms with E-state index in [0.717, 1.165) is 24.2 Å². The van der Waals surface area contributed by atoms with Gasteiger partial charge >= 0.3 is 0 Å². The predicted octanol–water partition coefficient (Wildman–Crippen LogP) is 1.80. The summed E-state index contributed by atoms with van der Waals surface area (Å²) in [7, 11) is 0. The van der Waals surface area contributed by atoms with E-state index in [1.165, 1.54) is 25.7 Å². The predicted molar refractivity (Wildman–Crippen MR) is 43.1 cm³/mol. The van der Waals surface area contributed by atoms with Crippen molar-refractivity contribution in [2.45, 2.75) is 38.2 Å². The van der Waals surface area contributed by atoms with Gasteiger partial charge < -0.3 is 5.11 Å². The minimum absolute atomic E-state index is 0.0827. The number of hydrogen-bond acceptors (Lipinski definition) is 1. The molecule has 3 rings (SSSR count). The van der Waals surface area contributed by atoms with E-state index in [2.05, 4.69) is 0 Å². The molecule has 3 aliphatic carbocycles. The standard InChI is InChI=1S/C10H16O/c11-10-5-6-4-9(10)8-3-1-2-7(6)8/h6-11H,1-5H2/t6-,7-,8+,9+,10-/m1/s1. The molecule has 0 amide bonds. The second kappa shape index (κ2) is 2.01. The summed E-state index contributed by atoms with van der Waals surface area (Å²) in [5.41, 5.74) is 0. The first kappa shape index (κ1) is 6.47. The molecule has 0 heterocycles. The fourth-order valence-electron chi connectivity index (χ4n) is 4.03. The van der Waals surface area contributed by atoms with E-state index in [0.29, 0.717) is 5.92 Å². The molecule has 0 spiro atoms. The summed E-state index contributed by atoms with van der Waals surface area (Å²) < 4.78 is 0. The Morgan fingerprint density at radius 2 is 1.73 bits per heavy atom. The molecule has 1 nitrogen and oxygen atoms in total. The van der Waals surface area contributed by atoms with Crippen LogP contribution in [0.2, 0.25) is 0 Å². The molecule has 5 atom stereocenters. The van der Waals surface area contributed by atoms with E-state index in [1.54, 1.807) is 0 Å². The highest BCUT2D eigenvalue weighted by Gasteiger charge is 2.53. The lowest BCUT2D eigenvalue weighted by Crippen LogP contribution is -2.27. The maximum absolute atomic E-state index is 9.67. The summed E-state index contributed by atoms with van der Waals surface area (Å²) in [6.45, 7) is 0. The Morgan fingerprint density at radius 1 is 0.909 bits per heavy atom. The Morgan fingerprint density at radius 3 is 2.64 bits per heavy atom. The van der Waals surface area contributed by atoms with Gasteiger partial charge in [0.05, 0.1) is 6.10 Å². The molecule has 0 aromatic carbocycles. The van der Waals surface area contributed by atoms with Crippen LogP contribution < -0.4 is 0 Å². The van der Waals surface area contributed by atoms with Crippen LogP contribution in [0.3, 0.4) is 0 Å².